The lowest BCUT2D eigenvalue weighted by Crippen LogP contribution is -2.59. The molecule has 0 saturated carbocycles. The number of hydrogen-bond acceptors (Lipinski definition) is 10. The molecule has 6 rings (SSSR count). The summed E-state index contributed by atoms with van der Waals surface area (Å²) in [5.41, 5.74) is 1.17. The van der Waals surface area contributed by atoms with Gasteiger partial charge >= 0.3 is 11.9 Å². The van der Waals surface area contributed by atoms with Gasteiger partial charge in [-0.2, -0.15) is 0 Å². The number of carbonyl (C=O) groups is 2. The molecular weight excluding hydrogens is 744 g/mol. The number of hydrogen-bond donors (Lipinski definition) is 2. The van der Waals surface area contributed by atoms with Crippen molar-refractivity contribution in [2.24, 2.45) is 35.5 Å². The van der Waals surface area contributed by atoms with Gasteiger partial charge in [0.25, 0.3) is 5.79 Å². The summed E-state index contributed by atoms with van der Waals surface area (Å²) in [7, 11) is 2.98. The van der Waals surface area contributed by atoms with Crippen molar-refractivity contribution in [1.29, 1.82) is 0 Å². The Morgan fingerprint density at radius 2 is 1.60 bits per heavy atom. The summed E-state index contributed by atoms with van der Waals surface area (Å²) < 4.78 is 53.1. The second-order valence-corrected chi connectivity index (χ2v) is 18.9. The standard InChI is InChI=1S/C46H72O12/c1-12-32-14-16-33(17-15-32)25-53-35-24-45(56-39(29(35)6)30(7)38(51-10)31(8)41(47)48)21-20-43(9,58-45)36-18-19-44(13-2,55-36)40-27(4)23-34(54-40)37-26(3)22-28(5)46(52-11,57-37)42(49)50/h14-17,26-31,34-40H,12-13,18-25H2,1-11H3,(H,47,48)(H,49,50)/t26-,27-,28+,29+,30-,31-,34+,35-,36+,37-,38+,39-,40+,43-,44-,45+,46+/m0/s1. The molecule has 5 aliphatic rings. The van der Waals surface area contributed by atoms with Crippen molar-refractivity contribution in [2.45, 2.75) is 192 Å². The summed E-state index contributed by atoms with van der Waals surface area (Å²) in [5, 5.41) is 20.2. The van der Waals surface area contributed by atoms with E-state index in [1.807, 2.05) is 13.8 Å². The molecule has 12 heteroatoms. The lowest BCUT2D eigenvalue weighted by atomic mass is 9.78. The Kier molecular flexibility index (Phi) is 13.8. The molecule has 58 heavy (non-hydrogen) atoms. The van der Waals surface area contributed by atoms with Gasteiger partial charge < -0.3 is 48.1 Å². The minimum atomic E-state index is -1.71. The van der Waals surface area contributed by atoms with E-state index in [2.05, 4.69) is 65.8 Å². The van der Waals surface area contributed by atoms with Gasteiger partial charge in [-0.25, -0.2) is 4.79 Å². The normalized spacial score (nSPS) is 43.4. The zero-order chi connectivity index (χ0) is 42.4. The second-order valence-electron chi connectivity index (χ2n) is 18.9. The van der Waals surface area contributed by atoms with Crippen LogP contribution in [0.2, 0.25) is 0 Å². The molecule has 5 fully saturated rings. The fourth-order valence-electron chi connectivity index (χ4n) is 11.5. The molecule has 0 bridgehead atoms. The SMILES string of the molecule is CCc1ccc(CO[C@H]2C[C@]3(CC[C@@](C)([C@H]4CC[C@@](CC)([C@@H]5O[C@@H]([C@H]6O[C@@](OC)(C(=O)O)[C@H](C)C[C@@H]6C)C[C@@H]5C)O4)O3)O[C@H]([C@@H](C)[C@@H](OC)[C@H](C)C(=O)O)[C@@H]2C)cc1. The quantitative estimate of drug-likeness (QED) is 0.178. The minimum absolute atomic E-state index is 0.0577. The van der Waals surface area contributed by atoms with Crippen molar-refractivity contribution in [3.8, 4) is 0 Å². The summed E-state index contributed by atoms with van der Waals surface area (Å²) in [5.74, 6) is -5.78. The van der Waals surface area contributed by atoms with Gasteiger partial charge in [0.1, 0.15) is 0 Å². The maximum Gasteiger partial charge on any atom is 0.364 e. The molecule has 0 amide bonds. The van der Waals surface area contributed by atoms with E-state index in [1.54, 1.807) is 14.0 Å². The highest BCUT2D eigenvalue weighted by molar-refractivity contribution is 5.76. The number of rotatable bonds is 15. The highest BCUT2D eigenvalue weighted by atomic mass is 16.7. The molecule has 1 aromatic carbocycles. The Bertz CT molecular complexity index is 1570. The van der Waals surface area contributed by atoms with Crippen LogP contribution in [0.25, 0.3) is 0 Å². The molecule has 17 atom stereocenters. The van der Waals surface area contributed by atoms with Gasteiger partial charge in [-0.05, 0) is 81.8 Å². The van der Waals surface area contributed by atoms with Crippen LogP contribution in [0.4, 0.5) is 0 Å². The van der Waals surface area contributed by atoms with Crippen molar-refractivity contribution in [3.05, 3.63) is 35.4 Å². The van der Waals surface area contributed by atoms with E-state index >= 15 is 0 Å². The van der Waals surface area contributed by atoms with Crippen LogP contribution in [0.3, 0.4) is 0 Å². The smallest absolute Gasteiger partial charge is 0.364 e. The van der Waals surface area contributed by atoms with Crippen molar-refractivity contribution < 1.29 is 57.7 Å². The first-order valence-corrected chi connectivity index (χ1v) is 22.0. The molecule has 1 spiro atoms. The maximum absolute atomic E-state index is 12.5. The molecule has 328 valence electrons. The predicted molar refractivity (Wildman–Crippen MR) is 216 cm³/mol. The van der Waals surface area contributed by atoms with Gasteiger partial charge in [-0.3, -0.25) is 4.79 Å². The lowest BCUT2D eigenvalue weighted by molar-refractivity contribution is -0.339. The first-order valence-electron chi connectivity index (χ1n) is 22.0. The zero-order valence-electron chi connectivity index (χ0n) is 36.9. The van der Waals surface area contributed by atoms with Crippen LogP contribution in [0.5, 0.6) is 0 Å². The third-order valence-electron chi connectivity index (χ3n) is 15.1. The summed E-state index contributed by atoms with van der Waals surface area (Å²) in [4.78, 5) is 24.6. The summed E-state index contributed by atoms with van der Waals surface area (Å²) in [6.45, 7) is 18.9. The monoisotopic (exact) mass is 817 g/mol. The Morgan fingerprint density at radius 3 is 2.21 bits per heavy atom. The molecule has 1 aromatic rings. The molecular formula is C46H72O12. The minimum Gasteiger partial charge on any atom is -0.481 e. The Balaban J connectivity index is 1.20. The number of ether oxygens (including phenoxy) is 8. The molecule has 5 aliphatic heterocycles. The largest absolute Gasteiger partial charge is 0.481 e. The number of benzene rings is 1. The average molecular weight is 817 g/mol. The van der Waals surface area contributed by atoms with Gasteiger partial charge in [0.2, 0.25) is 0 Å². The van der Waals surface area contributed by atoms with E-state index < -0.39 is 52.8 Å². The Hall–Kier alpha value is -2.16. The summed E-state index contributed by atoms with van der Waals surface area (Å²) in [6.07, 6.45) is 4.33. The van der Waals surface area contributed by atoms with Crippen LogP contribution >= 0.6 is 0 Å². The fraction of sp³-hybridized carbons (Fsp3) is 0.826. The molecule has 0 radical (unpaired) electrons. The van der Waals surface area contributed by atoms with E-state index in [4.69, 9.17) is 37.9 Å². The van der Waals surface area contributed by atoms with E-state index in [-0.39, 0.29) is 60.1 Å². The zero-order valence-corrected chi connectivity index (χ0v) is 36.9. The predicted octanol–water partition coefficient (Wildman–Crippen LogP) is 7.81. The number of methoxy groups -OCH3 is 2. The van der Waals surface area contributed by atoms with Crippen LogP contribution in [-0.4, -0.2) is 102 Å². The molecule has 0 unspecified atom stereocenters. The van der Waals surface area contributed by atoms with Crippen molar-refractivity contribution >= 4 is 11.9 Å². The molecule has 2 N–H and O–H groups in total. The average Bonchev–Trinajstić information content (AvgIpc) is 3.91. The van der Waals surface area contributed by atoms with Gasteiger partial charge in [0.05, 0.1) is 66.5 Å². The van der Waals surface area contributed by atoms with Gasteiger partial charge in [0, 0.05) is 44.8 Å². The van der Waals surface area contributed by atoms with E-state index in [0.717, 1.165) is 44.1 Å². The Labute approximate surface area is 346 Å². The van der Waals surface area contributed by atoms with Gasteiger partial charge in [0.15, 0.2) is 5.79 Å². The highest BCUT2D eigenvalue weighted by Crippen LogP contribution is 2.55. The molecule has 0 aliphatic carbocycles. The summed E-state index contributed by atoms with van der Waals surface area (Å²) in [6, 6.07) is 8.54. The van der Waals surface area contributed by atoms with Gasteiger partial charge in [-0.15, -0.1) is 0 Å². The first kappa shape index (κ1) is 45.4. The van der Waals surface area contributed by atoms with E-state index in [0.29, 0.717) is 25.9 Å². The number of aliphatic carboxylic acids is 2. The molecule has 5 heterocycles. The van der Waals surface area contributed by atoms with Crippen molar-refractivity contribution in [3.63, 3.8) is 0 Å². The second kappa shape index (κ2) is 17.7. The fourth-order valence-corrected chi connectivity index (χ4v) is 11.5. The lowest BCUT2D eigenvalue weighted by Gasteiger charge is -2.50. The topological polar surface area (TPSA) is 148 Å². The summed E-state index contributed by atoms with van der Waals surface area (Å²) >= 11 is 0. The van der Waals surface area contributed by atoms with Gasteiger partial charge in [-0.1, -0.05) is 72.7 Å². The third-order valence-corrected chi connectivity index (χ3v) is 15.1. The molecule has 5 saturated heterocycles. The number of aryl methyl sites for hydroxylation is 1. The molecule has 0 aromatic heterocycles. The maximum atomic E-state index is 12.5. The van der Waals surface area contributed by atoms with Crippen LogP contribution in [-0.2, 0) is 60.5 Å². The van der Waals surface area contributed by atoms with Crippen LogP contribution in [0.1, 0.15) is 125 Å². The van der Waals surface area contributed by atoms with Crippen LogP contribution in [0, 0.1) is 35.5 Å². The first-order chi connectivity index (χ1) is 27.4. The number of carboxylic acids is 2. The van der Waals surface area contributed by atoms with Crippen molar-refractivity contribution in [2.75, 3.05) is 14.2 Å². The van der Waals surface area contributed by atoms with Crippen molar-refractivity contribution in [1.82, 2.24) is 0 Å². The van der Waals surface area contributed by atoms with E-state index in [9.17, 15) is 19.8 Å². The van der Waals surface area contributed by atoms with Crippen LogP contribution in [0.15, 0.2) is 24.3 Å². The number of carboxylic acid groups (broad SMARTS) is 2. The molecule has 12 nitrogen and oxygen atoms in total. The third kappa shape index (κ3) is 8.39. The highest BCUT2D eigenvalue weighted by Gasteiger charge is 2.63. The van der Waals surface area contributed by atoms with E-state index in [1.165, 1.54) is 12.7 Å². The van der Waals surface area contributed by atoms with Crippen LogP contribution < -0.4 is 0 Å². The Morgan fingerprint density at radius 1 is 0.914 bits per heavy atom.